The fraction of sp³-hybridized carbons (Fsp3) is 0.333. The van der Waals surface area contributed by atoms with Gasteiger partial charge in [0.15, 0.2) is 6.61 Å². The summed E-state index contributed by atoms with van der Waals surface area (Å²) in [7, 11) is 3.00. The maximum Gasteiger partial charge on any atom is 0.348 e. The van der Waals surface area contributed by atoms with Crippen molar-refractivity contribution in [1.29, 1.82) is 0 Å². The molecule has 0 aliphatic heterocycles. The van der Waals surface area contributed by atoms with Gasteiger partial charge in [-0.2, -0.15) is 0 Å². The molecule has 1 aliphatic carbocycles. The van der Waals surface area contributed by atoms with Gasteiger partial charge in [-0.3, -0.25) is 4.79 Å². The Bertz CT molecular complexity index is 756. The summed E-state index contributed by atoms with van der Waals surface area (Å²) < 4.78 is 15.5. The number of carbonyl (C=O) groups excluding carboxylic acids is 2. The van der Waals surface area contributed by atoms with Crippen molar-refractivity contribution in [3.05, 3.63) is 45.1 Å². The van der Waals surface area contributed by atoms with Gasteiger partial charge in [0.1, 0.15) is 16.4 Å². The molecule has 0 bridgehead atoms. The maximum atomic E-state index is 12.4. The average Bonchev–Trinajstić information content (AvgIpc) is 3.20. The molecule has 1 heterocycles. The first-order valence-electron chi connectivity index (χ1n) is 7.66. The van der Waals surface area contributed by atoms with Crippen LogP contribution in [0.1, 0.15) is 36.9 Å². The minimum absolute atomic E-state index is 0.328. The molecule has 1 aliphatic rings. The van der Waals surface area contributed by atoms with Gasteiger partial charge in [0.25, 0.3) is 0 Å². The molecule has 1 aromatic heterocycles. The maximum absolute atomic E-state index is 12.4. The number of rotatable bonds is 6. The Hall–Kier alpha value is -2.34. The van der Waals surface area contributed by atoms with Crippen molar-refractivity contribution in [1.82, 2.24) is 0 Å². The molecule has 5 nitrogen and oxygen atoms in total. The van der Waals surface area contributed by atoms with Crippen molar-refractivity contribution in [2.75, 3.05) is 20.8 Å². The minimum atomic E-state index is -0.454. The molecule has 0 N–H and O–H groups in total. The van der Waals surface area contributed by atoms with Gasteiger partial charge in [0, 0.05) is 4.88 Å². The Balaban J connectivity index is 1.67. The molecule has 3 rings (SSSR count). The molecular weight excluding hydrogens is 328 g/mol. The topological polar surface area (TPSA) is 61.8 Å². The fourth-order valence-corrected chi connectivity index (χ4v) is 3.89. The molecule has 1 aromatic carbocycles. The summed E-state index contributed by atoms with van der Waals surface area (Å²) in [6.45, 7) is -0.328. The molecule has 24 heavy (non-hydrogen) atoms. The molecule has 0 saturated heterocycles. The van der Waals surface area contributed by atoms with Crippen LogP contribution in [0.15, 0.2) is 24.3 Å². The van der Waals surface area contributed by atoms with Gasteiger partial charge in [-0.1, -0.05) is 0 Å². The number of hydrogen-bond acceptors (Lipinski definition) is 6. The Labute approximate surface area is 144 Å². The standard InChI is InChI=1S/C18H18O5S/c1-21-12-6-7-15(22-2)13(9-12)14(19)10-23-18(20)17-8-11-4-3-5-16(11)24-17/h6-9H,3-5,10H2,1-2H3. The number of thiophene rings is 1. The van der Waals surface area contributed by atoms with Crippen molar-refractivity contribution in [2.24, 2.45) is 0 Å². The minimum Gasteiger partial charge on any atom is -0.497 e. The SMILES string of the molecule is COc1ccc(OC)c(C(=O)COC(=O)c2cc3c(s2)CCC3)c1. The first-order chi connectivity index (χ1) is 11.6. The zero-order valence-corrected chi connectivity index (χ0v) is 14.4. The van der Waals surface area contributed by atoms with E-state index in [4.69, 9.17) is 14.2 Å². The van der Waals surface area contributed by atoms with Gasteiger partial charge < -0.3 is 14.2 Å². The van der Waals surface area contributed by atoms with Crippen molar-refractivity contribution in [3.63, 3.8) is 0 Å². The van der Waals surface area contributed by atoms with Gasteiger partial charge in [0.05, 0.1) is 19.8 Å². The molecular formula is C18H18O5S. The Kier molecular flexibility index (Phi) is 4.85. The predicted molar refractivity (Wildman–Crippen MR) is 90.5 cm³/mol. The van der Waals surface area contributed by atoms with E-state index in [0.29, 0.717) is 21.9 Å². The predicted octanol–water partition coefficient (Wildman–Crippen LogP) is 3.29. The molecule has 0 unspecified atom stereocenters. The van der Waals surface area contributed by atoms with Crippen molar-refractivity contribution in [3.8, 4) is 11.5 Å². The zero-order valence-electron chi connectivity index (χ0n) is 13.6. The van der Waals surface area contributed by atoms with Crippen LogP contribution in [-0.2, 0) is 17.6 Å². The van der Waals surface area contributed by atoms with Gasteiger partial charge in [-0.05, 0) is 49.1 Å². The van der Waals surface area contributed by atoms with Crippen LogP contribution in [-0.4, -0.2) is 32.6 Å². The second-order valence-corrected chi connectivity index (χ2v) is 6.61. The van der Waals surface area contributed by atoms with Gasteiger partial charge in [-0.25, -0.2) is 4.79 Å². The lowest BCUT2D eigenvalue weighted by Gasteiger charge is -2.09. The molecule has 0 fully saturated rings. The van der Waals surface area contributed by atoms with E-state index in [0.717, 1.165) is 19.3 Å². The third-order valence-electron chi connectivity index (χ3n) is 3.99. The normalized spacial score (nSPS) is 12.6. The Morgan fingerprint density at radius 3 is 2.67 bits per heavy atom. The van der Waals surface area contributed by atoms with E-state index in [1.807, 2.05) is 6.07 Å². The highest BCUT2D eigenvalue weighted by atomic mass is 32.1. The number of carbonyl (C=O) groups is 2. The lowest BCUT2D eigenvalue weighted by molar-refractivity contribution is 0.0478. The number of hydrogen-bond donors (Lipinski definition) is 0. The summed E-state index contributed by atoms with van der Waals surface area (Å²) in [6, 6.07) is 6.81. The highest BCUT2D eigenvalue weighted by Crippen LogP contribution is 2.31. The second kappa shape index (κ2) is 7.05. The van der Waals surface area contributed by atoms with E-state index < -0.39 is 5.97 Å². The largest absolute Gasteiger partial charge is 0.497 e. The van der Waals surface area contributed by atoms with E-state index in [-0.39, 0.29) is 12.4 Å². The summed E-state index contributed by atoms with van der Waals surface area (Å²) in [4.78, 5) is 26.3. The van der Waals surface area contributed by atoms with E-state index in [9.17, 15) is 9.59 Å². The Morgan fingerprint density at radius 2 is 1.96 bits per heavy atom. The van der Waals surface area contributed by atoms with Crippen LogP contribution < -0.4 is 9.47 Å². The number of benzene rings is 1. The van der Waals surface area contributed by atoms with Crippen LogP contribution in [0.5, 0.6) is 11.5 Å². The third-order valence-corrected chi connectivity index (χ3v) is 5.21. The smallest absolute Gasteiger partial charge is 0.348 e. The summed E-state index contributed by atoms with van der Waals surface area (Å²) >= 11 is 1.46. The second-order valence-electron chi connectivity index (χ2n) is 5.48. The van der Waals surface area contributed by atoms with E-state index >= 15 is 0 Å². The van der Waals surface area contributed by atoms with Crippen LogP contribution >= 0.6 is 11.3 Å². The number of ketones is 1. The number of Topliss-reactive ketones (excluding diaryl/α,β-unsaturated/α-hetero) is 1. The van der Waals surface area contributed by atoms with Crippen LogP contribution in [0, 0.1) is 0 Å². The van der Waals surface area contributed by atoms with Crippen molar-refractivity contribution >= 4 is 23.1 Å². The van der Waals surface area contributed by atoms with Crippen LogP contribution in [0.2, 0.25) is 0 Å². The third kappa shape index (κ3) is 3.28. The molecule has 0 atom stereocenters. The highest BCUT2D eigenvalue weighted by Gasteiger charge is 2.21. The summed E-state index contributed by atoms with van der Waals surface area (Å²) in [5.41, 5.74) is 1.56. The van der Waals surface area contributed by atoms with Crippen molar-refractivity contribution in [2.45, 2.75) is 19.3 Å². The van der Waals surface area contributed by atoms with Gasteiger partial charge in [0.2, 0.25) is 5.78 Å². The quantitative estimate of drug-likeness (QED) is 0.593. The molecule has 6 heteroatoms. The lowest BCUT2D eigenvalue weighted by atomic mass is 10.1. The molecule has 0 amide bonds. The molecule has 0 spiro atoms. The molecule has 0 saturated carbocycles. The molecule has 0 radical (unpaired) electrons. The van der Waals surface area contributed by atoms with Gasteiger partial charge >= 0.3 is 5.97 Å². The highest BCUT2D eigenvalue weighted by molar-refractivity contribution is 7.14. The number of aryl methyl sites for hydroxylation is 2. The summed E-state index contributed by atoms with van der Waals surface area (Å²) in [5, 5.41) is 0. The van der Waals surface area contributed by atoms with Crippen LogP contribution in [0.3, 0.4) is 0 Å². The molecule has 126 valence electrons. The Morgan fingerprint density at radius 1 is 1.12 bits per heavy atom. The number of esters is 1. The van der Waals surface area contributed by atoms with Crippen molar-refractivity contribution < 1.29 is 23.8 Å². The number of methoxy groups -OCH3 is 2. The lowest BCUT2D eigenvalue weighted by Crippen LogP contribution is -2.14. The van der Waals surface area contributed by atoms with E-state index in [2.05, 4.69) is 0 Å². The zero-order chi connectivity index (χ0) is 17.1. The first kappa shape index (κ1) is 16.5. The number of ether oxygens (including phenoxy) is 3. The van der Waals surface area contributed by atoms with E-state index in [1.165, 1.54) is 36.0 Å². The van der Waals surface area contributed by atoms with Gasteiger partial charge in [-0.15, -0.1) is 11.3 Å². The first-order valence-corrected chi connectivity index (χ1v) is 8.48. The molecule has 2 aromatic rings. The summed E-state index contributed by atoms with van der Waals surface area (Å²) in [6.07, 6.45) is 3.18. The monoisotopic (exact) mass is 346 g/mol. The fourth-order valence-electron chi connectivity index (χ4n) is 2.74. The van der Waals surface area contributed by atoms with E-state index in [1.54, 1.807) is 18.2 Å². The van der Waals surface area contributed by atoms with Crippen LogP contribution in [0.4, 0.5) is 0 Å². The van der Waals surface area contributed by atoms with Crippen LogP contribution in [0.25, 0.3) is 0 Å². The summed E-state index contributed by atoms with van der Waals surface area (Å²) in [5.74, 6) is 0.180. The average molecular weight is 346 g/mol. The number of fused-ring (bicyclic) bond motifs is 1.